The van der Waals surface area contributed by atoms with Gasteiger partial charge in [-0.2, -0.15) is 9.98 Å². The maximum atomic E-state index is 10.1. The van der Waals surface area contributed by atoms with Gasteiger partial charge in [-0.05, 0) is 41.8 Å². The van der Waals surface area contributed by atoms with Crippen LogP contribution in [0.4, 0.5) is 11.4 Å². The molecule has 0 aromatic heterocycles. The first-order valence-electron chi connectivity index (χ1n) is 7.55. The number of nitrogens with zero attached hydrogens (tertiary/aromatic N) is 2. The van der Waals surface area contributed by atoms with E-state index in [1.165, 1.54) is 12.2 Å². The lowest BCUT2D eigenvalue weighted by molar-refractivity contribution is -0.336. The molecule has 0 spiro atoms. The number of hydrogen-bond donors (Lipinski definition) is 3. The van der Waals surface area contributed by atoms with E-state index < -0.39 is 6.29 Å². The van der Waals surface area contributed by atoms with Gasteiger partial charge in [-0.1, -0.05) is 24.3 Å². The van der Waals surface area contributed by atoms with Crippen LogP contribution >= 0.6 is 0 Å². The average Bonchev–Trinajstić information content (AvgIpc) is 2.66. The molecule has 0 aliphatic carbocycles. The number of hydrogen-bond acceptors (Lipinski definition) is 8. The zero-order chi connectivity index (χ0) is 19.2. The molecule has 0 bridgehead atoms. The van der Waals surface area contributed by atoms with Crippen LogP contribution in [0.1, 0.15) is 17.5 Å². The predicted octanol–water partition coefficient (Wildman–Crippen LogP) is 2.39. The van der Waals surface area contributed by atoms with Crippen molar-refractivity contribution in [2.24, 2.45) is 9.98 Å². The summed E-state index contributed by atoms with van der Waals surface area (Å²) in [5, 5.41) is 23.8. The Balaban J connectivity index is 0.000000412. The van der Waals surface area contributed by atoms with Crippen molar-refractivity contribution in [1.29, 1.82) is 0 Å². The molecule has 0 amide bonds. The van der Waals surface area contributed by atoms with Crippen LogP contribution in [0.15, 0.2) is 58.5 Å². The summed E-state index contributed by atoms with van der Waals surface area (Å²) >= 11 is 0. The van der Waals surface area contributed by atoms with Gasteiger partial charge < -0.3 is 10.2 Å². The van der Waals surface area contributed by atoms with E-state index in [1.54, 1.807) is 24.3 Å². The monoisotopic (exact) mass is 358 g/mol. The Bertz CT molecular complexity index is 689. The van der Waals surface area contributed by atoms with Crippen molar-refractivity contribution in [2.45, 2.75) is 19.1 Å². The summed E-state index contributed by atoms with van der Waals surface area (Å²) in [4.78, 5) is 30.7. The quantitative estimate of drug-likeness (QED) is 0.229. The molecule has 26 heavy (non-hydrogen) atoms. The van der Waals surface area contributed by atoms with Crippen LogP contribution in [0.25, 0.3) is 0 Å². The third-order valence-corrected chi connectivity index (χ3v) is 3.13. The fraction of sp³-hybridized carbons (Fsp3) is 0.222. The third kappa shape index (κ3) is 8.23. The lowest BCUT2D eigenvalue weighted by Gasteiger charge is -2.02. The minimum Gasteiger partial charge on any atom is -0.396 e. The largest absolute Gasteiger partial charge is 0.396 e. The standard InChI is InChI=1S/C15H10N2O2.C3H8O4/c18-10-16-14-5-1-12(2-6-14)9-13-3-7-15(8-4-13)17-11-19;4-2-1-3(5)7-6/h1-8H,9H2;3-6H,1-2H2. The van der Waals surface area contributed by atoms with Gasteiger partial charge in [0.2, 0.25) is 12.2 Å². The smallest absolute Gasteiger partial charge is 0.240 e. The summed E-state index contributed by atoms with van der Waals surface area (Å²) < 4.78 is 0. The highest BCUT2D eigenvalue weighted by Gasteiger charge is 1.98. The minimum atomic E-state index is -1.25. The normalized spacial score (nSPS) is 10.6. The lowest BCUT2D eigenvalue weighted by Crippen LogP contribution is -2.10. The highest BCUT2D eigenvalue weighted by molar-refractivity contribution is 5.51. The number of isocyanates is 2. The topological polar surface area (TPSA) is 129 Å². The Labute approximate surface area is 149 Å². The van der Waals surface area contributed by atoms with E-state index in [9.17, 15) is 9.59 Å². The first-order chi connectivity index (χ1) is 12.6. The second kappa shape index (κ2) is 12.4. The van der Waals surface area contributed by atoms with E-state index in [-0.39, 0.29) is 13.0 Å². The summed E-state index contributed by atoms with van der Waals surface area (Å²) in [6.07, 6.45) is 2.56. The van der Waals surface area contributed by atoms with E-state index in [0.29, 0.717) is 11.4 Å². The van der Waals surface area contributed by atoms with E-state index in [4.69, 9.17) is 15.5 Å². The molecule has 0 heterocycles. The average molecular weight is 358 g/mol. The Morgan fingerprint density at radius 2 is 1.31 bits per heavy atom. The molecule has 3 N–H and O–H groups in total. The summed E-state index contributed by atoms with van der Waals surface area (Å²) in [6.45, 7) is -0.193. The summed E-state index contributed by atoms with van der Waals surface area (Å²) in [5.74, 6) is 0. The zero-order valence-corrected chi connectivity index (χ0v) is 13.8. The Kier molecular flexibility index (Phi) is 10.1. The molecule has 8 heteroatoms. The van der Waals surface area contributed by atoms with E-state index in [2.05, 4.69) is 14.9 Å². The fourth-order valence-electron chi connectivity index (χ4n) is 1.88. The number of rotatable bonds is 7. The zero-order valence-electron chi connectivity index (χ0n) is 13.8. The Morgan fingerprint density at radius 1 is 0.885 bits per heavy atom. The van der Waals surface area contributed by atoms with Gasteiger partial charge in [0, 0.05) is 13.0 Å². The molecular formula is C18H18N2O6. The molecule has 2 aromatic carbocycles. The Hall–Kier alpha value is -2.96. The highest BCUT2D eigenvalue weighted by atomic mass is 17.1. The maximum absolute atomic E-state index is 10.1. The van der Waals surface area contributed by atoms with Crippen LogP contribution in [0.3, 0.4) is 0 Å². The van der Waals surface area contributed by atoms with Gasteiger partial charge in [0.05, 0.1) is 11.4 Å². The van der Waals surface area contributed by atoms with Crippen molar-refractivity contribution in [1.82, 2.24) is 0 Å². The number of benzene rings is 2. The molecule has 0 aliphatic rings. The number of aliphatic imine (C=N–C) groups is 2. The third-order valence-electron chi connectivity index (χ3n) is 3.13. The highest BCUT2D eigenvalue weighted by Crippen LogP contribution is 2.17. The first-order valence-corrected chi connectivity index (χ1v) is 7.55. The van der Waals surface area contributed by atoms with Crippen LogP contribution in [-0.2, 0) is 20.9 Å². The van der Waals surface area contributed by atoms with Crippen molar-refractivity contribution in [3.05, 3.63) is 59.7 Å². The minimum absolute atomic E-state index is 0.0382. The van der Waals surface area contributed by atoms with Gasteiger partial charge in [-0.25, -0.2) is 19.7 Å². The van der Waals surface area contributed by atoms with Crippen LogP contribution in [0.2, 0.25) is 0 Å². The molecule has 0 saturated heterocycles. The van der Waals surface area contributed by atoms with Gasteiger partial charge in [-0.3, -0.25) is 0 Å². The summed E-state index contributed by atoms with van der Waals surface area (Å²) in [7, 11) is 0. The van der Waals surface area contributed by atoms with Gasteiger partial charge >= 0.3 is 0 Å². The first kappa shape index (κ1) is 21.1. The molecular weight excluding hydrogens is 340 g/mol. The molecule has 2 aromatic rings. The van der Waals surface area contributed by atoms with E-state index in [1.807, 2.05) is 24.3 Å². The van der Waals surface area contributed by atoms with E-state index >= 15 is 0 Å². The molecule has 1 atom stereocenters. The molecule has 0 fully saturated rings. The second-order valence-corrected chi connectivity index (χ2v) is 4.99. The molecule has 0 aliphatic heterocycles. The summed E-state index contributed by atoms with van der Waals surface area (Å²) in [6, 6.07) is 14.7. The lowest BCUT2D eigenvalue weighted by atomic mass is 10.0. The number of carbonyl (C=O) groups excluding carboxylic acids is 2. The fourth-order valence-corrected chi connectivity index (χ4v) is 1.88. The van der Waals surface area contributed by atoms with Crippen LogP contribution in [0.5, 0.6) is 0 Å². The van der Waals surface area contributed by atoms with Crippen LogP contribution in [0, 0.1) is 0 Å². The maximum Gasteiger partial charge on any atom is 0.240 e. The summed E-state index contributed by atoms with van der Waals surface area (Å²) in [5.41, 5.74) is 3.40. The molecule has 2 rings (SSSR count). The molecule has 136 valence electrons. The van der Waals surface area contributed by atoms with Gasteiger partial charge in [0.1, 0.15) is 0 Å². The van der Waals surface area contributed by atoms with Gasteiger partial charge in [-0.15, -0.1) is 0 Å². The molecule has 8 nitrogen and oxygen atoms in total. The molecule has 1 unspecified atom stereocenters. The van der Waals surface area contributed by atoms with Crippen molar-refractivity contribution in [3.63, 3.8) is 0 Å². The van der Waals surface area contributed by atoms with Crippen molar-refractivity contribution < 1.29 is 29.9 Å². The van der Waals surface area contributed by atoms with Crippen LogP contribution < -0.4 is 0 Å². The predicted molar refractivity (Wildman–Crippen MR) is 92.7 cm³/mol. The molecule has 0 saturated carbocycles. The second-order valence-electron chi connectivity index (χ2n) is 4.99. The van der Waals surface area contributed by atoms with Gasteiger partial charge in [0.15, 0.2) is 6.29 Å². The van der Waals surface area contributed by atoms with Crippen molar-refractivity contribution in [2.75, 3.05) is 6.61 Å². The van der Waals surface area contributed by atoms with E-state index in [0.717, 1.165) is 17.5 Å². The van der Waals surface area contributed by atoms with Crippen molar-refractivity contribution in [3.8, 4) is 0 Å². The van der Waals surface area contributed by atoms with Crippen molar-refractivity contribution >= 4 is 23.5 Å². The SMILES string of the molecule is O=C=Nc1ccc(Cc2ccc(N=C=O)cc2)cc1.OCCC(O)OO. The Morgan fingerprint density at radius 3 is 1.58 bits per heavy atom. The van der Waals surface area contributed by atoms with Crippen LogP contribution in [-0.4, -0.2) is 40.5 Å². The number of aliphatic hydroxyl groups excluding tert-OH is 2. The van der Waals surface area contributed by atoms with Gasteiger partial charge in [0.25, 0.3) is 0 Å². The number of aliphatic hydroxyl groups is 2. The molecule has 0 radical (unpaired) electrons.